The van der Waals surface area contributed by atoms with Gasteiger partial charge in [-0.15, -0.1) is 0 Å². The lowest BCUT2D eigenvalue weighted by molar-refractivity contribution is 0.101. The minimum Gasteiger partial charge on any atom is -0.295 e. The summed E-state index contributed by atoms with van der Waals surface area (Å²) in [5.41, 5.74) is 1.49. The average Bonchev–Trinajstić information content (AvgIpc) is 2.39. The van der Waals surface area contributed by atoms with Crippen LogP contribution in [0.15, 0.2) is 48.8 Å². The summed E-state index contributed by atoms with van der Waals surface area (Å²) in [4.78, 5) is 15.1. The van der Waals surface area contributed by atoms with E-state index in [2.05, 4.69) is 4.98 Å². The van der Waals surface area contributed by atoms with Crippen molar-refractivity contribution in [3.05, 3.63) is 65.5 Å². The molecule has 0 N–H and O–H groups in total. The molecule has 0 aliphatic carbocycles. The van der Waals surface area contributed by atoms with Crippen LogP contribution in [0.1, 0.15) is 34.6 Å². The highest BCUT2D eigenvalue weighted by molar-refractivity contribution is 5.94. The van der Waals surface area contributed by atoms with Crippen LogP contribution in [0.25, 0.3) is 0 Å². The van der Waals surface area contributed by atoms with Crippen molar-refractivity contribution in [3.63, 3.8) is 0 Å². The maximum Gasteiger partial charge on any atom is 0.159 e. The van der Waals surface area contributed by atoms with E-state index in [-0.39, 0.29) is 5.78 Å². The van der Waals surface area contributed by atoms with Crippen molar-refractivity contribution in [2.45, 2.75) is 13.1 Å². The summed E-state index contributed by atoms with van der Waals surface area (Å²) >= 11 is 0. The molecular weight excluding hydrogens is 217 g/mol. The van der Waals surface area contributed by atoms with Gasteiger partial charge in [0.25, 0.3) is 0 Å². The lowest BCUT2D eigenvalue weighted by atomic mass is 10.0. The van der Waals surface area contributed by atoms with Crippen molar-refractivity contribution in [3.8, 4) is 0 Å². The minimum absolute atomic E-state index is 0.0646. The number of carbonyl (C=O) groups is 1. The summed E-state index contributed by atoms with van der Waals surface area (Å²) in [7, 11) is 0. The van der Waals surface area contributed by atoms with Gasteiger partial charge >= 0.3 is 0 Å². The molecule has 1 aromatic carbocycles. The first-order valence-electron chi connectivity index (χ1n) is 5.33. The van der Waals surface area contributed by atoms with E-state index in [0.29, 0.717) is 16.7 Å². The molecule has 1 heterocycles. The molecule has 0 bridgehead atoms. The Balaban J connectivity index is 2.34. The van der Waals surface area contributed by atoms with E-state index < -0.39 is 6.17 Å². The maximum atomic E-state index is 14.2. The van der Waals surface area contributed by atoms with Crippen LogP contribution in [0.2, 0.25) is 0 Å². The molecule has 0 amide bonds. The number of nitrogens with zero attached hydrogens (tertiary/aromatic N) is 1. The SMILES string of the molecule is CC(=O)c1cccc(C(F)c2cccnc2)c1. The molecule has 2 aromatic rings. The topological polar surface area (TPSA) is 30.0 Å². The number of hydrogen-bond acceptors (Lipinski definition) is 2. The zero-order chi connectivity index (χ0) is 12.3. The first-order chi connectivity index (χ1) is 8.18. The third kappa shape index (κ3) is 2.56. The molecule has 0 radical (unpaired) electrons. The zero-order valence-corrected chi connectivity index (χ0v) is 9.43. The smallest absolute Gasteiger partial charge is 0.159 e. The highest BCUT2D eigenvalue weighted by Crippen LogP contribution is 2.25. The number of Topliss-reactive ketones (excluding diaryl/α,β-unsaturated/α-hetero) is 1. The Kier molecular flexibility index (Phi) is 3.28. The Morgan fingerprint density at radius 3 is 2.65 bits per heavy atom. The fraction of sp³-hybridized carbons (Fsp3) is 0.143. The highest BCUT2D eigenvalue weighted by atomic mass is 19.1. The van der Waals surface area contributed by atoms with E-state index >= 15 is 0 Å². The molecule has 0 saturated carbocycles. The van der Waals surface area contributed by atoms with Crippen molar-refractivity contribution >= 4 is 5.78 Å². The number of alkyl halides is 1. The second kappa shape index (κ2) is 4.87. The molecule has 0 saturated heterocycles. The predicted octanol–water partition coefficient (Wildman–Crippen LogP) is 3.34. The summed E-state index contributed by atoms with van der Waals surface area (Å²) in [5, 5.41) is 0. The molecule has 86 valence electrons. The van der Waals surface area contributed by atoms with E-state index in [4.69, 9.17) is 0 Å². The monoisotopic (exact) mass is 229 g/mol. The second-order valence-electron chi connectivity index (χ2n) is 3.83. The second-order valence-corrected chi connectivity index (χ2v) is 3.83. The number of carbonyl (C=O) groups excluding carboxylic acids is 1. The Morgan fingerprint density at radius 1 is 1.24 bits per heavy atom. The van der Waals surface area contributed by atoms with Gasteiger partial charge < -0.3 is 0 Å². The van der Waals surface area contributed by atoms with Crippen LogP contribution in [0.5, 0.6) is 0 Å². The molecule has 1 unspecified atom stereocenters. The Bertz CT molecular complexity index is 525. The molecule has 0 aliphatic rings. The minimum atomic E-state index is -1.25. The fourth-order valence-electron chi connectivity index (χ4n) is 1.63. The standard InChI is InChI=1S/C14H12FNO/c1-10(17)11-4-2-5-12(8-11)14(15)13-6-3-7-16-9-13/h2-9,14H,1H3. The lowest BCUT2D eigenvalue weighted by Crippen LogP contribution is -1.98. The third-order valence-corrected chi connectivity index (χ3v) is 2.56. The summed E-state index contributed by atoms with van der Waals surface area (Å²) in [6.45, 7) is 1.47. The molecule has 1 atom stereocenters. The number of benzene rings is 1. The van der Waals surface area contributed by atoms with Gasteiger partial charge in [0.15, 0.2) is 12.0 Å². The normalized spacial score (nSPS) is 12.1. The summed E-state index contributed by atoms with van der Waals surface area (Å²) in [6, 6.07) is 10.00. The number of aromatic nitrogens is 1. The van der Waals surface area contributed by atoms with E-state index in [0.717, 1.165) is 0 Å². The first-order valence-corrected chi connectivity index (χ1v) is 5.33. The Labute approximate surface area is 99.1 Å². The molecule has 0 aliphatic heterocycles. The lowest BCUT2D eigenvalue weighted by Gasteiger charge is -2.09. The summed E-state index contributed by atoms with van der Waals surface area (Å²) < 4.78 is 14.2. The van der Waals surface area contributed by atoms with Crippen molar-refractivity contribution in [1.82, 2.24) is 4.98 Å². The third-order valence-electron chi connectivity index (χ3n) is 2.56. The van der Waals surface area contributed by atoms with E-state index in [1.807, 2.05) is 0 Å². The number of ketones is 1. The average molecular weight is 229 g/mol. The van der Waals surface area contributed by atoms with Gasteiger partial charge in [-0.1, -0.05) is 24.3 Å². The van der Waals surface area contributed by atoms with Crippen LogP contribution < -0.4 is 0 Å². The summed E-state index contributed by atoms with van der Waals surface area (Å²) in [5.74, 6) is -0.0646. The van der Waals surface area contributed by atoms with Gasteiger partial charge in [0.2, 0.25) is 0 Å². The quantitative estimate of drug-likeness (QED) is 0.755. The molecule has 2 rings (SSSR count). The van der Waals surface area contributed by atoms with Gasteiger partial charge in [0, 0.05) is 23.5 Å². The van der Waals surface area contributed by atoms with Gasteiger partial charge in [-0.25, -0.2) is 4.39 Å². The van der Waals surface area contributed by atoms with Gasteiger partial charge in [-0.2, -0.15) is 0 Å². The fourth-order valence-corrected chi connectivity index (χ4v) is 1.63. The van der Waals surface area contributed by atoms with Crippen LogP contribution in [0.4, 0.5) is 4.39 Å². The van der Waals surface area contributed by atoms with Gasteiger partial charge in [0.05, 0.1) is 0 Å². The molecule has 2 nitrogen and oxygen atoms in total. The van der Waals surface area contributed by atoms with Gasteiger partial charge in [-0.3, -0.25) is 9.78 Å². The van der Waals surface area contributed by atoms with Crippen LogP contribution in [-0.2, 0) is 0 Å². The largest absolute Gasteiger partial charge is 0.295 e. The molecule has 17 heavy (non-hydrogen) atoms. The van der Waals surface area contributed by atoms with Crippen LogP contribution in [0, 0.1) is 0 Å². The van der Waals surface area contributed by atoms with E-state index in [9.17, 15) is 9.18 Å². The highest BCUT2D eigenvalue weighted by Gasteiger charge is 2.13. The maximum absolute atomic E-state index is 14.2. The predicted molar refractivity (Wildman–Crippen MR) is 63.6 cm³/mol. The molecule has 0 spiro atoms. The van der Waals surface area contributed by atoms with Crippen molar-refractivity contribution in [2.24, 2.45) is 0 Å². The van der Waals surface area contributed by atoms with Gasteiger partial charge in [-0.05, 0) is 24.6 Å². The number of pyridine rings is 1. The Hall–Kier alpha value is -2.03. The van der Waals surface area contributed by atoms with Gasteiger partial charge in [0.1, 0.15) is 0 Å². The van der Waals surface area contributed by atoms with Crippen molar-refractivity contribution in [2.75, 3.05) is 0 Å². The molecule has 1 aromatic heterocycles. The van der Waals surface area contributed by atoms with Crippen LogP contribution >= 0.6 is 0 Å². The van der Waals surface area contributed by atoms with E-state index in [1.165, 1.54) is 13.1 Å². The number of halogens is 1. The molecule has 0 fully saturated rings. The van der Waals surface area contributed by atoms with Crippen molar-refractivity contribution in [1.29, 1.82) is 0 Å². The van der Waals surface area contributed by atoms with Crippen LogP contribution in [0.3, 0.4) is 0 Å². The number of rotatable bonds is 3. The van der Waals surface area contributed by atoms with Crippen LogP contribution in [-0.4, -0.2) is 10.8 Å². The van der Waals surface area contributed by atoms with Crippen molar-refractivity contribution < 1.29 is 9.18 Å². The summed E-state index contributed by atoms with van der Waals surface area (Å²) in [6.07, 6.45) is 1.84. The van der Waals surface area contributed by atoms with E-state index in [1.54, 1.807) is 42.6 Å². The molecular formula is C14H12FNO. The Morgan fingerprint density at radius 2 is 2.00 bits per heavy atom. The zero-order valence-electron chi connectivity index (χ0n) is 9.43. The number of hydrogen-bond donors (Lipinski definition) is 0. The first kappa shape index (κ1) is 11.5. The molecule has 3 heteroatoms.